The van der Waals surface area contributed by atoms with Crippen molar-refractivity contribution in [3.63, 3.8) is 0 Å². The Balaban J connectivity index is 2.71. The summed E-state index contributed by atoms with van der Waals surface area (Å²) in [6.45, 7) is 4.01. The Labute approximate surface area is 59.4 Å². The Bertz CT molecular complexity index is 212. The van der Waals surface area contributed by atoms with Crippen LogP contribution in [0.3, 0.4) is 0 Å². The maximum atomic E-state index is 4.12. The van der Waals surface area contributed by atoms with Gasteiger partial charge in [0.05, 0.1) is 0 Å². The highest BCUT2D eigenvalue weighted by atomic mass is 15.2. The number of rotatable bonds is 2. The maximum absolute atomic E-state index is 4.12. The lowest BCUT2D eigenvalue weighted by Gasteiger charge is -1.88. The third-order valence-corrected chi connectivity index (χ3v) is 1.21. The molecule has 0 amide bonds. The second-order valence-electron chi connectivity index (χ2n) is 2.01. The van der Waals surface area contributed by atoms with Gasteiger partial charge in [0, 0.05) is 5.71 Å². The van der Waals surface area contributed by atoms with E-state index in [0.717, 1.165) is 12.1 Å². The summed E-state index contributed by atoms with van der Waals surface area (Å²) in [6.07, 6.45) is 2.39. The van der Waals surface area contributed by atoms with Crippen LogP contribution in [0.2, 0.25) is 0 Å². The van der Waals surface area contributed by atoms with E-state index in [-0.39, 0.29) is 0 Å². The van der Waals surface area contributed by atoms with Crippen molar-refractivity contribution >= 4 is 11.7 Å². The molecule has 0 fully saturated rings. The molecule has 1 heterocycles. The molecule has 4 heteroatoms. The zero-order valence-electron chi connectivity index (χ0n) is 6.13. The molecule has 0 saturated carbocycles. The minimum atomic E-state index is 0.583. The quantitative estimate of drug-likeness (QED) is 0.626. The molecule has 0 aliphatic carbocycles. The first-order valence-electron chi connectivity index (χ1n) is 3.22. The highest BCUT2D eigenvalue weighted by Gasteiger charge is 1.90. The van der Waals surface area contributed by atoms with Gasteiger partial charge in [-0.1, -0.05) is 6.92 Å². The molecule has 4 nitrogen and oxygen atoms in total. The molecule has 0 aliphatic rings. The molecule has 1 N–H and O–H groups in total. The minimum Gasteiger partial charge on any atom is -0.244 e. The molecule has 0 radical (unpaired) electrons. The van der Waals surface area contributed by atoms with Crippen LogP contribution in [0.1, 0.15) is 20.3 Å². The molecule has 0 bridgehead atoms. The number of aromatic nitrogens is 3. The van der Waals surface area contributed by atoms with Crippen LogP contribution in [0.25, 0.3) is 0 Å². The molecule has 0 saturated heterocycles. The van der Waals surface area contributed by atoms with Gasteiger partial charge in [-0.2, -0.15) is 10.1 Å². The first kappa shape index (κ1) is 6.92. The second kappa shape index (κ2) is 3.10. The second-order valence-corrected chi connectivity index (χ2v) is 2.01. The monoisotopic (exact) mass is 138 g/mol. The van der Waals surface area contributed by atoms with E-state index in [1.807, 2.05) is 6.92 Å². The van der Waals surface area contributed by atoms with Crippen molar-refractivity contribution in [2.75, 3.05) is 0 Å². The maximum Gasteiger partial charge on any atom is 0.244 e. The van der Waals surface area contributed by atoms with Crippen molar-refractivity contribution in [2.24, 2.45) is 4.99 Å². The lowest BCUT2D eigenvalue weighted by molar-refractivity contribution is 1.08. The van der Waals surface area contributed by atoms with E-state index in [1.54, 1.807) is 0 Å². The molecule has 0 aromatic carbocycles. The molecule has 0 aliphatic heterocycles. The average Bonchev–Trinajstić information content (AvgIpc) is 2.40. The largest absolute Gasteiger partial charge is 0.244 e. The van der Waals surface area contributed by atoms with Crippen molar-refractivity contribution < 1.29 is 0 Å². The number of hydrogen-bond acceptors (Lipinski definition) is 3. The standard InChI is InChI=1S/C6H10N4/c1-3-5(2)9-6-7-4-8-10-6/h4H,3H2,1-2H3,(H,7,8,10)/b9-5-. The van der Waals surface area contributed by atoms with Crippen LogP contribution in [-0.4, -0.2) is 20.9 Å². The van der Waals surface area contributed by atoms with E-state index in [0.29, 0.717) is 5.95 Å². The number of hydrogen-bond donors (Lipinski definition) is 1. The number of nitrogens with one attached hydrogen (secondary N) is 1. The first-order valence-corrected chi connectivity index (χ1v) is 3.22. The topological polar surface area (TPSA) is 53.9 Å². The van der Waals surface area contributed by atoms with Crippen LogP contribution < -0.4 is 0 Å². The molecular formula is C6H10N4. The highest BCUT2D eigenvalue weighted by Crippen LogP contribution is 2.00. The molecule has 10 heavy (non-hydrogen) atoms. The smallest absolute Gasteiger partial charge is 0.244 e. The SMILES string of the molecule is CC/C(C)=N\c1ncn[nH]1. The van der Waals surface area contributed by atoms with Gasteiger partial charge in [0.1, 0.15) is 6.33 Å². The molecule has 0 spiro atoms. The van der Waals surface area contributed by atoms with Gasteiger partial charge in [-0.3, -0.25) is 0 Å². The summed E-state index contributed by atoms with van der Waals surface area (Å²) >= 11 is 0. The Morgan fingerprint density at radius 2 is 2.60 bits per heavy atom. The fraction of sp³-hybridized carbons (Fsp3) is 0.500. The van der Waals surface area contributed by atoms with Gasteiger partial charge in [0.15, 0.2) is 0 Å². The molecule has 0 atom stereocenters. The van der Waals surface area contributed by atoms with E-state index >= 15 is 0 Å². The van der Waals surface area contributed by atoms with Gasteiger partial charge >= 0.3 is 0 Å². The van der Waals surface area contributed by atoms with E-state index in [2.05, 4.69) is 27.1 Å². The average molecular weight is 138 g/mol. The van der Waals surface area contributed by atoms with Crippen LogP contribution >= 0.6 is 0 Å². The summed E-state index contributed by atoms with van der Waals surface area (Å²) < 4.78 is 0. The fourth-order valence-corrected chi connectivity index (χ4v) is 0.513. The van der Waals surface area contributed by atoms with Gasteiger partial charge in [-0.05, 0) is 13.3 Å². The molecule has 1 aromatic rings. The third-order valence-electron chi connectivity index (χ3n) is 1.21. The molecule has 1 rings (SSSR count). The van der Waals surface area contributed by atoms with Crippen LogP contribution in [0, 0.1) is 0 Å². The summed E-state index contributed by atoms with van der Waals surface area (Å²) in [7, 11) is 0. The van der Waals surface area contributed by atoms with Gasteiger partial charge in [0.2, 0.25) is 5.95 Å². The first-order chi connectivity index (χ1) is 4.83. The van der Waals surface area contributed by atoms with E-state index in [4.69, 9.17) is 0 Å². The van der Waals surface area contributed by atoms with Gasteiger partial charge in [-0.25, -0.2) is 10.1 Å². The van der Waals surface area contributed by atoms with E-state index < -0.39 is 0 Å². The fourth-order valence-electron chi connectivity index (χ4n) is 0.513. The van der Waals surface area contributed by atoms with Crippen LogP contribution in [0.4, 0.5) is 5.95 Å². The molecule has 1 aromatic heterocycles. The third kappa shape index (κ3) is 1.65. The number of H-pyrrole nitrogens is 1. The Morgan fingerprint density at radius 1 is 1.80 bits per heavy atom. The normalized spacial score (nSPS) is 12.0. The zero-order chi connectivity index (χ0) is 7.40. The lowest BCUT2D eigenvalue weighted by Crippen LogP contribution is -1.85. The molecule has 54 valence electrons. The van der Waals surface area contributed by atoms with Gasteiger partial charge in [-0.15, -0.1) is 0 Å². The Morgan fingerprint density at radius 3 is 3.10 bits per heavy atom. The van der Waals surface area contributed by atoms with E-state index in [1.165, 1.54) is 6.33 Å². The molecule has 0 unspecified atom stereocenters. The zero-order valence-corrected chi connectivity index (χ0v) is 6.13. The summed E-state index contributed by atoms with van der Waals surface area (Å²) in [5, 5.41) is 6.32. The van der Waals surface area contributed by atoms with Gasteiger partial charge in [0.25, 0.3) is 0 Å². The van der Waals surface area contributed by atoms with Crippen molar-refractivity contribution in [3.05, 3.63) is 6.33 Å². The summed E-state index contributed by atoms with van der Waals surface area (Å²) in [6, 6.07) is 0. The number of aliphatic imine (C=N–C) groups is 1. The number of aromatic amines is 1. The predicted molar refractivity (Wildman–Crippen MR) is 39.4 cm³/mol. The predicted octanol–water partition coefficient (Wildman–Crippen LogP) is 1.31. The Kier molecular flexibility index (Phi) is 2.15. The van der Waals surface area contributed by atoms with Crippen molar-refractivity contribution in [2.45, 2.75) is 20.3 Å². The van der Waals surface area contributed by atoms with Crippen molar-refractivity contribution in [1.82, 2.24) is 15.2 Å². The van der Waals surface area contributed by atoms with Crippen molar-refractivity contribution in [3.8, 4) is 0 Å². The summed E-state index contributed by atoms with van der Waals surface area (Å²) in [5.41, 5.74) is 1.05. The minimum absolute atomic E-state index is 0.583. The summed E-state index contributed by atoms with van der Waals surface area (Å²) in [5.74, 6) is 0.583. The van der Waals surface area contributed by atoms with Crippen LogP contribution in [0.15, 0.2) is 11.3 Å². The van der Waals surface area contributed by atoms with Gasteiger partial charge < -0.3 is 0 Å². The van der Waals surface area contributed by atoms with Crippen LogP contribution in [-0.2, 0) is 0 Å². The van der Waals surface area contributed by atoms with Crippen LogP contribution in [0.5, 0.6) is 0 Å². The number of nitrogens with zero attached hydrogens (tertiary/aromatic N) is 3. The lowest BCUT2D eigenvalue weighted by atomic mass is 10.3. The van der Waals surface area contributed by atoms with Crippen molar-refractivity contribution in [1.29, 1.82) is 0 Å². The Hall–Kier alpha value is -1.19. The molecular weight excluding hydrogens is 128 g/mol. The van der Waals surface area contributed by atoms with E-state index in [9.17, 15) is 0 Å². The highest BCUT2D eigenvalue weighted by molar-refractivity contribution is 5.83. The summed E-state index contributed by atoms with van der Waals surface area (Å²) in [4.78, 5) is 7.98.